The lowest BCUT2D eigenvalue weighted by Gasteiger charge is -2.07. The molecule has 0 radical (unpaired) electrons. The van der Waals surface area contributed by atoms with Crippen molar-refractivity contribution in [1.82, 2.24) is 9.36 Å². The van der Waals surface area contributed by atoms with E-state index < -0.39 is 4.92 Å². The molecule has 2 aromatic carbocycles. The maximum atomic E-state index is 11.0. The predicted molar refractivity (Wildman–Crippen MR) is 96.5 cm³/mol. The summed E-state index contributed by atoms with van der Waals surface area (Å²) in [6.07, 6.45) is 0.637. The SMILES string of the molecule is Cc1ccc(Cc2nsc(Oc3cc(C)c([N+](=O)[O-])cc3C)n2)cc1. The van der Waals surface area contributed by atoms with Crippen LogP contribution in [-0.4, -0.2) is 14.3 Å². The second-order valence-electron chi connectivity index (χ2n) is 5.90. The highest BCUT2D eigenvalue weighted by Crippen LogP contribution is 2.31. The van der Waals surface area contributed by atoms with E-state index >= 15 is 0 Å². The molecule has 0 saturated heterocycles. The van der Waals surface area contributed by atoms with Gasteiger partial charge in [0.2, 0.25) is 0 Å². The van der Waals surface area contributed by atoms with Crippen LogP contribution >= 0.6 is 11.5 Å². The molecular formula is C18H17N3O3S. The molecule has 25 heavy (non-hydrogen) atoms. The zero-order chi connectivity index (χ0) is 18.0. The van der Waals surface area contributed by atoms with Gasteiger partial charge in [0, 0.05) is 29.6 Å². The van der Waals surface area contributed by atoms with Crippen LogP contribution in [0.5, 0.6) is 10.9 Å². The van der Waals surface area contributed by atoms with Gasteiger partial charge in [-0.2, -0.15) is 9.36 Å². The number of hydrogen-bond donors (Lipinski definition) is 0. The van der Waals surface area contributed by atoms with Crippen molar-refractivity contribution in [2.24, 2.45) is 0 Å². The number of ether oxygens (including phenoxy) is 1. The zero-order valence-corrected chi connectivity index (χ0v) is 15.0. The van der Waals surface area contributed by atoms with Crippen LogP contribution in [0.4, 0.5) is 5.69 Å². The topological polar surface area (TPSA) is 78.2 Å². The van der Waals surface area contributed by atoms with E-state index in [0.717, 1.165) is 5.56 Å². The Balaban J connectivity index is 1.76. The minimum Gasteiger partial charge on any atom is -0.430 e. The van der Waals surface area contributed by atoms with Gasteiger partial charge < -0.3 is 4.74 Å². The Hall–Kier alpha value is -2.80. The summed E-state index contributed by atoms with van der Waals surface area (Å²) in [5.41, 5.74) is 3.67. The molecule has 7 heteroatoms. The van der Waals surface area contributed by atoms with E-state index in [9.17, 15) is 10.1 Å². The molecule has 6 nitrogen and oxygen atoms in total. The van der Waals surface area contributed by atoms with Crippen molar-refractivity contribution < 1.29 is 9.66 Å². The Morgan fingerprint density at radius 3 is 2.52 bits per heavy atom. The number of aromatic nitrogens is 2. The van der Waals surface area contributed by atoms with Crippen molar-refractivity contribution in [3.8, 4) is 10.9 Å². The maximum Gasteiger partial charge on any atom is 0.298 e. The highest BCUT2D eigenvalue weighted by molar-refractivity contribution is 7.07. The summed E-state index contributed by atoms with van der Waals surface area (Å²) in [4.78, 5) is 15.0. The first-order valence-corrected chi connectivity index (χ1v) is 8.51. The van der Waals surface area contributed by atoms with Crippen molar-refractivity contribution in [3.05, 3.63) is 74.6 Å². The van der Waals surface area contributed by atoms with Gasteiger partial charge in [-0.3, -0.25) is 10.1 Å². The van der Waals surface area contributed by atoms with E-state index in [-0.39, 0.29) is 5.69 Å². The molecule has 0 spiro atoms. The molecule has 0 amide bonds. The summed E-state index contributed by atoms with van der Waals surface area (Å²) in [5.74, 6) is 1.25. The summed E-state index contributed by atoms with van der Waals surface area (Å²) in [6.45, 7) is 5.51. The number of hydrogen-bond acceptors (Lipinski definition) is 6. The normalized spacial score (nSPS) is 10.7. The summed E-state index contributed by atoms with van der Waals surface area (Å²) < 4.78 is 10.1. The van der Waals surface area contributed by atoms with Gasteiger partial charge >= 0.3 is 0 Å². The Labute approximate surface area is 149 Å². The Morgan fingerprint density at radius 2 is 1.84 bits per heavy atom. The van der Waals surface area contributed by atoms with E-state index in [1.165, 1.54) is 23.2 Å². The average Bonchev–Trinajstić information content (AvgIpc) is 2.99. The Morgan fingerprint density at radius 1 is 1.12 bits per heavy atom. The second kappa shape index (κ2) is 6.98. The van der Waals surface area contributed by atoms with Gasteiger partial charge in [0.05, 0.1) is 4.92 Å². The molecular weight excluding hydrogens is 338 g/mol. The smallest absolute Gasteiger partial charge is 0.298 e. The summed E-state index contributed by atoms with van der Waals surface area (Å²) in [6, 6.07) is 11.4. The lowest BCUT2D eigenvalue weighted by atomic mass is 10.1. The number of aryl methyl sites for hydroxylation is 3. The first-order valence-electron chi connectivity index (χ1n) is 7.74. The largest absolute Gasteiger partial charge is 0.430 e. The van der Waals surface area contributed by atoms with Gasteiger partial charge in [0.15, 0.2) is 5.82 Å². The summed E-state index contributed by atoms with van der Waals surface area (Å²) in [7, 11) is 0. The van der Waals surface area contributed by atoms with Crippen molar-refractivity contribution in [3.63, 3.8) is 0 Å². The van der Waals surface area contributed by atoms with Gasteiger partial charge in [-0.05, 0) is 38.0 Å². The first-order chi connectivity index (χ1) is 11.9. The molecule has 0 aliphatic heterocycles. The maximum absolute atomic E-state index is 11.0. The molecule has 3 aromatic rings. The van der Waals surface area contributed by atoms with E-state index in [4.69, 9.17) is 4.74 Å². The number of nitro benzene ring substituents is 1. The molecule has 0 aliphatic carbocycles. The van der Waals surface area contributed by atoms with Crippen LogP contribution in [0.3, 0.4) is 0 Å². The molecule has 3 rings (SSSR count). The van der Waals surface area contributed by atoms with Gasteiger partial charge in [0.25, 0.3) is 10.9 Å². The van der Waals surface area contributed by atoms with E-state index in [1.807, 2.05) is 6.92 Å². The Bertz CT molecular complexity index is 920. The van der Waals surface area contributed by atoms with Gasteiger partial charge in [0.1, 0.15) is 5.75 Å². The van der Waals surface area contributed by atoms with Gasteiger partial charge in [-0.1, -0.05) is 29.8 Å². The lowest BCUT2D eigenvalue weighted by Crippen LogP contribution is -1.95. The Kier molecular flexibility index (Phi) is 4.76. The van der Waals surface area contributed by atoms with Crippen molar-refractivity contribution in [2.45, 2.75) is 27.2 Å². The van der Waals surface area contributed by atoms with E-state index in [2.05, 4.69) is 33.6 Å². The second-order valence-corrected chi connectivity index (χ2v) is 6.62. The lowest BCUT2D eigenvalue weighted by molar-refractivity contribution is -0.385. The molecule has 0 N–H and O–H groups in total. The fraction of sp³-hybridized carbons (Fsp3) is 0.222. The molecule has 1 aromatic heterocycles. The third-order valence-corrected chi connectivity index (χ3v) is 4.45. The third-order valence-electron chi connectivity index (χ3n) is 3.82. The number of nitrogens with zero attached hydrogens (tertiary/aromatic N) is 3. The average molecular weight is 355 g/mol. The van der Waals surface area contributed by atoms with Crippen LogP contribution in [0.2, 0.25) is 0 Å². The number of nitro groups is 1. The standard InChI is InChI=1S/C18H17N3O3S/c1-11-4-6-14(7-5-11)10-17-19-18(25-20-17)24-16-9-12(2)15(21(22)23)8-13(16)3/h4-9H,10H2,1-3H3. The molecule has 0 aliphatic rings. The van der Waals surface area contributed by atoms with Crippen LogP contribution in [0.1, 0.15) is 28.1 Å². The van der Waals surface area contributed by atoms with Crippen LogP contribution in [0.25, 0.3) is 0 Å². The van der Waals surface area contributed by atoms with E-state index in [1.54, 1.807) is 19.9 Å². The number of benzene rings is 2. The fourth-order valence-corrected chi connectivity index (χ4v) is 2.98. The van der Waals surface area contributed by atoms with Crippen LogP contribution in [0.15, 0.2) is 36.4 Å². The predicted octanol–water partition coefficient (Wildman–Crippen LogP) is 4.75. The highest BCUT2D eigenvalue weighted by atomic mass is 32.1. The monoisotopic (exact) mass is 355 g/mol. The number of rotatable bonds is 5. The molecule has 128 valence electrons. The van der Waals surface area contributed by atoms with Crippen LogP contribution in [0, 0.1) is 30.9 Å². The van der Waals surface area contributed by atoms with Crippen molar-refractivity contribution in [2.75, 3.05) is 0 Å². The summed E-state index contributed by atoms with van der Waals surface area (Å²) in [5, 5.41) is 11.4. The molecule has 0 bridgehead atoms. The zero-order valence-electron chi connectivity index (χ0n) is 14.1. The molecule has 0 unspecified atom stereocenters. The minimum atomic E-state index is -0.392. The van der Waals surface area contributed by atoms with Crippen molar-refractivity contribution in [1.29, 1.82) is 0 Å². The van der Waals surface area contributed by atoms with Crippen LogP contribution < -0.4 is 4.74 Å². The molecule has 1 heterocycles. The minimum absolute atomic E-state index is 0.0853. The molecule has 0 saturated carbocycles. The first kappa shape index (κ1) is 17.0. The van der Waals surface area contributed by atoms with Gasteiger partial charge in [-0.15, -0.1) is 0 Å². The van der Waals surface area contributed by atoms with E-state index in [0.29, 0.717) is 34.3 Å². The highest BCUT2D eigenvalue weighted by Gasteiger charge is 2.16. The third kappa shape index (κ3) is 4.00. The van der Waals surface area contributed by atoms with Crippen LogP contribution in [-0.2, 0) is 6.42 Å². The molecule has 0 fully saturated rings. The van der Waals surface area contributed by atoms with Gasteiger partial charge in [-0.25, -0.2) is 0 Å². The quantitative estimate of drug-likeness (QED) is 0.487. The molecule has 0 atom stereocenters. The summed E-state index contributed by atoms with van der Waals surface area (Å²) >= 11 is 1.17. The fourth-order valence-electron chi connectivity index (χ4n) is 2.41. The van der Waals surface area contributed by atoms with Crippen molar-refractivity contribution >= 4 is 17.2 Å².